The summed E-state index contributed by atoms with van der Waals surface area (Å²) in [5.74, 6) is -1.11. The van der Waals surface area contributed by atoms with Crippen LogP contribution in [0.2, 0.25) is 0 Å². The van der Waals surface area contributed by atoms with E-state index in [0.29, 0.717) is 24.4 Å². The molecule has 9 nitrogen and oxygen atoms in total. The summed E-state index contributed by atoms with van der Waals surface area (Å²) >= 11 is 0. The van der Waals surface area contributed by atoms with E-state index in [9.17, 15) is 19.7 Å². The summed E-state index contributed by atoms with van der Waals surface area (Å²) in [6, 6.07) is 9.61. The van der Waals surface area contributed by atoms with Crippen LogP contribution in [0, 0.1) is 10.1 Å². The average Bonchev–Trinajstić information content (AvgIpc) is 2.68. The summed E-state index contributed by atoms with van der Waals surface area (Å²) in [6.45, 7) is 0.795. The van der Waals surface area contributed by atoms with Gasteiger partial charge < -0.3 is 19.5 Å². The van der Waals surface area contributed by atoms with Crippen molar-refractivity contribution < 1.29 is 28.7 Å². The quantitative estimate of drug-likeness (QED) is 0.246. The van der Waals surface area contributed by atoms with Crippen LogP contribution in [-0.2, 0) is 9.47 Å². The highest BCUT2D eigenvalue weighted by atomic mass is 16.6. The van der Waals surface area contributed by atoms with Gasteiger partial charge in [0.2, 0.25) is 0 Å². The van der Waals surface area contributed by atoms with Crippen molar-refractivity contribution in [2.45, 2.75) is 0 Å². The first-order chi connectivity index (χ1) is 13.0. The van der Waals surface area contributed by atoms with E-state index < -0.39 is 16.9 Å². The van der Waals surface area contributed by atoms with E-state index in [1.807, 2.05) is 0 Å². The molecule has 0 bridgehead atoms. The predicted molar refractivity (Wildman–Crippen MR) is 96.2 cm³/mol. The molecule has 0 aliphatic heterocycles. The van der Waals surface area contributed by atoms with Crippen LogP contribution in [0.4, 0.5) is 11.4 Å². The summed E-state index contributed by atoms with van der Waals surface area (Å²) in [4.78, 5) is 34.3. The van der Waals surface area contributed by atoms with Gasteiger partial charge in [-0.2, -0.15) is 0 Å². The Morgan fingerprint density at radius 1 is 1.07 bits per heavy atom. The summed E-state index contributed by atoms with van der Waals surface area (Å²) in [5.41, 5.74) is 0.459. The van der Waals surface area contributed by atoms with Gasteiger partial charge in [-0.1, -0.05) is 0 Å². The molecule has 2 aromatic rings. The molecule has 9 heteroatoms. The predicted octanol–water partition coefficient (Wildman–Crippen LogP) is 2.66. The van der Waals surface area contributed by atoms with E-state index in [0.717, 1.165) is 6.07 Å². The third kappa shape index (κ3) is 5.25. The highest BCUT2D eigenvalue weighted by molar-refractivity contribution is 5.98. The normalized spacial score (nSPS) is 10.1. The van der Waals surface area contributed by atoms with Gasteiger partial charge in [0.25, 0.3) is 5.69 Å². The van der Waals surface area contributed by atoms with Crippen molar-refractivity contribution in [2.24, 2.45) is 0 Å². The molecule has 2 aromatic carbocycles. The summed E-state index contributed by atoms with van der Waals surface area (Å²) in [6.07, 6.45) is 0. The van der Waals surface area contributed by atoms with Crippen molar-refractivity contribution >= 4 is 23.3 Å². The number of ether oxygens (including phenoxy) is 3. The molecule has 0 aromatic heterocycles. The number of nitro groups is 1. The number of carbonyl (C=O) groups excluding carboxylic acids is 2. The van der Waals surface area contributed by atoms with Crippen LogP contribution in [0.25, 0.3) is 0 Å². The van der Waals surface area contributed by atoms with E-state index in [-0.39, 0.29) is 17.0 Å². The average molecular weight is 374 g/mol. The molecule has 2 rings (SSSR count). The Balaban J connectivity index is 2.23. The minimum absolute atomic E-state index is 0.0114. The van der Waals surface area contributed by atoms with E-state index in [2.05, 4.69) is 10.1 Å². The van der Waals surface area contributed by atoms with Gasteiger partial charge >= 0.3 is 11.9 Å². The van der Waals surface area contributed by atoms with Crippen LogP contribution < -0.4 is 10.1 Å². The van der Waals surface area contributed by atoms with Crippen molar-refractivity contribution in [1.29, 1.82) is 0 Å². The third-order valence-corrected chi connectivity index (χ3v) is 3.54. The number of anilines is 1. The maximum Gasteiger partial charge on any atom is 0.345 e. The smallest absolute Gasteiger partial charge is 0.345 e. The van der Waals surface area contributed by atoms with E-state index >= 15 is 0 Å². The van der Waals surface area contributed by atoms with Gasteiger partial charge in [0, 0.05) is 31.5 Å². The number of benzene rings is 2. The molecular formula is C18H18N2O7. The Morgan fingerprint density at radius 2 is 1.78 bits per heavy atom. The molecule has 0 spiro atoms. The molecule has 0 atom stereocenters. The zero-order valence-corrected chi connectivity index (χ0v) is 14.8. The molecule has 0 saturated heterocycles. The second kappa shape index (κ2) is 9.30. The van der Waals surface area contributed by atoms with Crippen LogP contribution in [0.5, 0.6) is 5.75 Å². The number of non-ortho nitro benzene ring substituents is 1. The Hall–Kier alpha value is -3.46. The lowest BCUT2D eigenvalue weighted by atomic mass is 10.1. The van der Waals surface area contributed by atoms with E-state index in [4.69, 9.17) is 9.47 Å². The van der Waals surface area contributed by atoms with Gasteiger partial charge in [0.15, 0.2) is 0 Å². The number of nitrogens with one attached hydrogen (secondary N) is 1. The van der Waals surface area contributed by atoms with Crippen molar-refractivity contribution in [2.75, 3.05) is 32.7 Å². The van der Waals surface area contributed by atoms with Gasteiger partial charge in [0.1, 0.15) is 5.75 Å². The van der Waals surface area contributed by atoms with Crippen LogP contribution in [-0.4, -0.2) is 44.2 Å². The molecule has 142 valence electrons. The van der Waals surface area contributed by atoms with Gasteiger partial charge in [-0.3, -0.25) is 10.1 Å². The van der Waals surface area contributed by atoms with E-state index in [1.54, 1.807) is 0 Å². The lowest BCUT2D eigenvalue weighted by Gasteiger charge is -2.11. The zero-order valence-electron chi connectivity index (χ0n) is 14.8. The fraction of sp³-hybridized carbons (Fsp3) is 0.222. The number of hydrogen-bond donors (Lipinski definition) is 1. The Kier molecular flexibility index (Phi) is 6.84. The third-order valence-electron chi connectivity index (χ3n) is 3.54. The van der Waals surface area contributed by atoms with E-state index in [1.165, 1.54) is 50.6 Å². The molecule has 0 fully saturated rings. The number of rotatable bonds is 8. The molecule has 0 unspecified atom stereocenters. The number of methoxy groups -OCH3 is 2. The largest absolute Gasteiger partial charge is 0.465 e. The minimum atomic E-state index is -0.774. The Bertz CT molecular complexity index is 834. The molecule has 27 heavy (non-hydrogen) atoms. The van der Waals surface area contributed by atoms with Crippen molar-refractivity contribution in [3.8, 4) is 5.75 Å². The standard InChI is InChI=1S/C18H18N2O7/c1-25-10-9-19-16-8-5-13(20(23)24)11-15(16)18(22)27-14-6-3-12(4-7-14)17(21)26-2/h3-8,11,19H,9-10H2,1-2H3. The fourth-order valence-electron chi connectivity index (χ4n) is 2.20. The molecule has 0 amide bonds. The lowest BCUT2D eigenvalue weighted by Crippen LogP contribution is -2.15. The lowest BCUT2D eigenvalue weighted by molar-refractivity contribution is -0.384. The van der Waals surface area contributed by atoms with Crippen molar-refractivity contribution in [3.63, 3.8) is 0 Å². The van der Waals surface area contributed by atoms with Crippen LogP contribution in [0.3, 0.4) is 0 Å². The second-order valence-electron chi connectivity index (χ2n) is 5.31. The van der Waals surface area contributed by atoms with Crippen molar-refractivity contribution in [3.05, 3.63) is 63.7 Å². The second-order valence-corrected chi connectivity index (χ2v) is 5.31. The topological polar surface area (TPSA) is 117 Å². The number of nitro benzene ring substituents is 1. The van der Waals surface area contributed by atoms with Crippen molar-refractivity contribution in [1.82, 2.24) is 0 Å². The fourth-order valence-corrected chi connectivity index (χ4v) is 2.20. The SMILES string of the molecule is COCCNc1ccc([N+](=O)[O-])cc1C(=O)Oc1ccc(C(=O)OC)cc1. The molecule has 0 aliphatic rings. The number of nitrogens with zero attached hydrogens (tertiary/aromatic N) is 1. The summed E-state index contributed by atoms with van der Waals surface area (Å²) in [5, 5.41) is 14.0. The molecule has 1 N–H and O–H groups in total. The first-order valence-corrected chi connectivity index (χ1v) is 7.88. The number of hydrogen-bond acceptors (Lipinski definition) is 8. The summed E-state index contributed by atoms with van der Waals surface area (Å²) in [7, 11) is 2.79. The van der Waals surface area contributed by atoms with Gasteiger partial charge in [-0.15, -0.1) is 0 Å². The molecule has 0 aliphatic carbocycles. The molecule has 0 radical (unpaired) electrons. The molecular weight excluding hydrogens is 356 g/mol. The Labute approximate surface area is 155 Å². The first kappa shape index (κ1) is 19.9. The van der Waals surface area contributed by atoms with Crippen LogP contribution >= 0.6 is 0 Å². The van der Waals surface area contributed by atoms with Crippen LogP contribution in [0.1, 0.15) is 20.7 Å². The highest BCUT2D eigenvalue weighted by Gasteiger charge is 2.19. The first-order valence-electron chi connectivity index (χ1n) is 7.88. The molecule has 0 heterocycles. The van der Waals surface area contributed by atoms with Gasteiger partial charge in [-0.05, 0) is 30.3 Å². The Morgan fingerprint density at radius 3 is 2.37 bits per heavy atom. The van der Waals surface area contributed by atoms with Gasteiger partial charge in [-0.25, -0.2) is 9.59 Å². The minimum Gasteiger partial charge on any atom is -0.465 e. The summed E-state index contributed by atoms with van der Waals surface area (Å²) < 4.78 is 14.8. The maximum atomic E-state index is 12.5. The molecule has 0 saturated carbocycles. The highest BCUT2D eigenvalue weighted by Crippen LogP contribution is 2.24. The number of carbonyl (C=O) groups is 2. The monoisotopic (exact) mass is 374 g/mol. The number of esters is 2. The van der Waals surface area contributed by atoms with Gasteiger partial charge in [0.05, 0.1) is 29.8 Å². The van der Waals surface area contributed by atoms with Crippen LogP contribution in [0.15, 0.2) is 42.5 Å². The zero-order chi connectivity index (χ0) is 19.8. The maximum absolute atomic E-state index is 12.5.